The zero-order chi connectivity index (χ0) is 28.6. The van der Waals surface area contributed by atoms with Gasteiger partial charge in [-0.25, -0.2) is 4.39 Å². The zero-order valence-corrected chi connectivity index (χ0v) is 23.6. The van der Waals surface area contributed by atoms with Crippen LogP contribution in [-0.2, 0) is 23.2 Å². The van der Waals surface area contributed by atoms with Crippen LogP contribution in [0, 0.1) is 17.1 Å². The second-order valence-electron chi connectivity index (χ2n) is 11.6. The number of carbonyl (C=O) groups excluding carboxylic acids is 1. The van der Waals surface area contributed by atoms with Gasteiger partial charge in [0.1, 0.15) is 23.8 Å². The van der Waals surface area contributed by atoms with Crippen molar-refractivity contribution < 1.29 is 18.7 Å². The first-order valence-corrected chi connectivity index (χ1v) is 14.7. The third-order valence-corrected chi connectivity index (χ3v) is 9.26. The number of amides is 1. The Labute approximate surface area is 240 Å². The minimum atomic E-state index is -0.643. The molecule has 2 aromatic rings. The molecular formula is C31H37FN6O3. The zero-order valence-electron chi connectivity index (χ0n) is 23.6. The van der Waals surface area contributed by atoms with E-state index in [2.05, 4.69) is 29.5 Å². The third-order valence-electron chi connectivity index (χ3n) is 9.26. The van der Waals surface area contributed by atoms with Gasteiger partial charge in [-0.15, -0.1) is 0 Å². The van der Waals surface area contributed by atoms with Crippen molar-refractivity contribution in [3.8, 4) is 18.0 Å². The van der Waals surface area contributed by atoms with Gasteiger partial charge >= 0.3 is 6.01 Å². The van der Waals surface area contributed by atoms with E-state index in [0.717, 1.165) is 54.7 Å². The second-order valence-corrected chi connectivity index (χ2v) is 11.6. The van der Waals surface area contributed by atoms with Crippen LogP contribution in [0.25, 0.3) is 0 Å². The van der Waals surface area contributed by atoms with Gasteiger partial charge in [-0.3, -0.25) is 4.79 Å². The molecule has 1 aliphatic carbocycles. The normalized spacial score (nSPS) is 25.7. The molecule has 1 aromatic carbocycles. The monoisotopic (exact) mass is 560 g/mol. The first-order valence-electron chi connectivity index (χ1n) is 14.7. The molecule has 9 nitrogen and oxygen atoms in total. The highest BCUT2D eigenvalue weighted by molar-refractivity contribution is 5.87. The van der Waals surface area contributed by atoms with Crippen LogP contribution in [0.3, 0.4) is 0 Å². The molecule has 41 heavy (non-hydrogen) atoms. The van der Waals surface area contributed by atoms with Crippen LogP contribution in [0.1, 0.15) is 55.2 Å². The SMILES string of the molecule is C=CC(=O)N1CCN(c2nc(OC[C@@H]3CCCN3C)nc3c2CC[C@@]2(CCCc4c(F)cccc42)O3)C[C@@H]1CC#N. The summed E-state index contributed by atoms with van der Waals surface area (Å²) in [5.74, 6) is 0.852. The summed E-state index contributed by atoms with van der Waals surface area (Å²) >= 11 is 0. The lowest BCUT2D eigenvalue weighted by Gasteiger charge is -2.44. The van der Waals surface area contributed by atoms with E-state index in [1.165, 1.54) is 12.1 Å². The van der Waals surface area contributed by atoms with Crippen LogP contribution in [0.4, 0.5) is 10.2 Å². The van der Waals surface area contributed by atoms with E-state index in [1.807, 2.05) is 6.07 Å². The number of ether oxygens (including phenoxy) is 2. The minimum Gasteiger partial charge on any atom is -0.466 e. The molecule has 3 atom stereocenters. The van der Waals surface area contributed by atoms with Gasteiger partial charge in [0.25, 0.3) is 0 Å². The van der Waals surface area contributed by atoms with Gasteiger partial charge in [-0.2, -0.15) is 15.2 Å². The van der Waals surface area contributed by atoms with E-state index in [-0.39, 0.29) is 30.2 Å². The van der Waals surface area contributed by atoms with Crippen molar-refractivity contribution in [2.45, 2.75) is 69.1 Å². The number of benzene rings is 1. The fourth-order valence-electron chi connectivity index (χ4n) is 7.01. The average Bonchev–Trinajstić information content (AvgIpc) is 3.40. The molecular weight excluding hydrogens is 523 g/mol. The minimum absolute atomic E-state index is 0.173. The molecule has 4 aliphatic rings. The number of aromatic nitrogens is 2. The Balaban J connectivity index is 1.35. The molecule has 4 heterocycles. The Morgan fingerprint density at radius 3 is 2.88 bits per heavy atom. The number of anilines is 1. The summed E-state index contributed by atoms with van der Waals surface area (Å²) in [6, 6.07) is 7.77. The van der Waals surface area contributed by atoms with Crippen molar-refractivity contribution in [2.75, 3.05) is 44.7 Å². The lowest BCUT2D eigenvalue weighted by Crippen LogP contribution is -2.55. The highest BCUT2D eigenvalue weighted by Gasteiger charge is 2.44. The third kappa shape index (κ3) is 5.12. The number of likely N-dealkylation sites (tertiary alicyclic amines) is 1. The molecule has 0 N–H and O–H groups in total. The summed E-state index contributed by atoms with van der Waals surface area (Å²) in [5.41, 5.74) is 1.90. The van der Waals surface area contributed by atoms with E-state index in [0.29, 0.717) is 57.4 Å². The molecule has 0 unspecified atom stereocenters. The van der Waals surface area contributed by atoms with Crippen LogP contribution >= 0.6 is 0 Å². The summed E-state index contributed by atoms with van der Waals surface area (Å²) in [4.78, 5) is 28.3. The molecule has 6 rings (SSSR count). The summed E-state index contributed by atoms with van der Waals surface area (Å²) in [7, 11) is 2.10. The van der Waals surface area contributed by atoms with E-state index in [9.17, 15) is 14.4 Å². The Morgan fingerprint density at radius 2 is 2.10 bits per heavy atom. The topological polar surface area (TPSA) is 94.8 Å². The molecule has 0 bridgehead atoms. The van der Waals surface area contributed by atoms with Crippen LogP contribution in [0.15, 0.2) is 30.9 Å². The highest BCUT2D eigenvalue weighted by atomic mass is 19.1. The van der Waals surface area contributed by atoms with E-state index < -0.39 is 5.60 Å². The fourth-order valence-corrected chi connectivity index (χ4v) is 7.01. The number of piperazine rings is 1. The van der Waals surface area contributed by atoms with Crippen molar-refractivity contribution in [3.63, 3.8) is 0 Å². The molecule has 1 amide bonds. The number of rotatable bonds is 6. The molecule has 3 aliphatic heterocycles. The lowest BCUT2D eigenvalue weighted by atomic mass is 9.74. The Kier molecular flexibility index (Phi) is 7.56. The highest BCUT2D eigenvalue weighted by Crippen LogP contribution is 2.48. The predicted octanol–water partition coefficient (Wildman–Crippen LogP) is 3.76. The van der Waals surface area contributed by atoms with Gasteiger partial charge in [-0.1, -0.05) is 18.7 Å². The largest absolute Gasteiger partial charge is 0.466 e. The first-order chi connectivity index (χ1) is 19.9. The number of fused-ring (bicyclic) bond motifs is 3. The van der Waals surface area contributed by atoms with Gasteiger partial charge in [0, 0.05) is 31.2 Å². The van der Waals surface area contributed by atoms with E-state index >= 15 is 0 Å². The summed E-state index contributed by atoms with van der Waals surface area (Å²) in [6.45, 7) is 6.61. The lowest BCUT2D eigenvalue weighted by molar-refractivity contribution is -0.128. The molecule has 2 saturated heterocycles. The van der Waals surface area contributed by atoms with Crippen molar-refractivity contribution in [1.82, 2.24) is 19.8 Å². The molecule has 1 spiro atoms. The molecule has 2 fully saturated rings. The fraction of sp³-hybridized carbons (Fsp3) is 0.548. The Morgan fingerprint density at radius 1 is 1.22 bits per heavy atom. The maximum absolute atomic E-state index is 14.8. The van der Waals surface area contributed by atoms with Crippen molar-refractivity contribution in [2.24, 2.45) is 0 Å². The van der Waals surface area contributed by atoms with Crippen LogP contribution in [0.5, 0.6) is 11.9 Å². The number of likely N-dealkylation sites (N-methyl/N-ethyl adjacent to an activating group) is 1. The van der Waals surface area contributed by atoms with Crippen LogP contribution in [0.2, 0.25) is 0 Å². The summed E-state index contributed by atoms with van der Waals surface area (Å²) < 4.78 is 27.8. The maximum Gasteiger partial charge on any atom is 0.321 e. The Hall–Kier alpha value is -3.71. The van der Waals surface area contributed by atoms with Crippen molar-refractivity contribution in [1.29, 1.82) is 5.26 Å². The molecule has 0 radical (unpaired) electrons. The van der Waals surface area contributed by atoms with Gasteiger partial charge < -0.3 is 24.2 Å². The van der Waals surface area contributed by atoms with Gasteiger partial charge in [0.15, 0.2) is 0 Å². The number of nitrogens with zero attached hydrogens (tertiary/aromatic N) is 6. The quantitative estimate of drug-likeness (QED) is 0.493. The summed E-state index contributed by atoms with van der Waals surface area (Å²) in [5, 5.41) is 9.49. The van der Waals surface area contributed by atoms with Gasteiger partial charge in [-0.05, 0) is 76.2 Å². The Bertz CT molecular complexity index is 1380. The van der Waals surface area contributed by atoms with Crippen LogP contribution in [-0.4, -0.2) is 77.6 Å². The average molecular weight is 561 g/mol. The van der Waals surface area contributed by atoms with Crippen LogP contribution < -0.4 is 14.4 Å². The first kappa shape index (κ1) is 27.5. The second kappa shape index (κ2) is 11.3. The molecule has 216 valence electrons. The van der Waals surface area contributed by atoms with E-state index in [4.69, 9.17) is 19.4 Å². The van der Waals surface area contributed by atoms with Crippen molar-refractivity contribution in [3.05, 3.63) is 53.4 Å². The van der Waals surface area contributed by atoms with Gasteiger partial charge in [0.2, 0.25) is 11.8 Å². The number of nitriles is 1. The number of carbonyl (C=O) groups is 1. The smallest absolute Gasteiger partial charge is 0.321 e. The van der Waals surface area contributed by atoms with E-state index in [1.54, 1.807) is 11.0 Å². The number of halogens is 1. The van der Waals surface area contributed by atoms with Gasteiger partial charge in [0.05, 0.1) is 24.1 Å². The number of hydrogen-bond donors (Lipinski definition) is 0. The predicted molar refractivity (Wildman–Crippen MR) is 151 cm³/mol. The molecule has 0 saturated carbocycles. The standard InChI is InChI=1S/C31H37FN6O3/c1-3-27(39)38-18-17-37(19-21(38)12-15-33)28-24-11-14-31(13-5-8-23-25(31)9-4-10-26(23)32)41-29(24)35-30(34-28)40-20-22-7-6-16-36(22)2/h3-4,9-10,21-22H,1,5-8,11-14,16-20H2,2H3/t21-,22-,31+/m0/s1. The number of hydrogen-bond acceptors (Lipinski definition) is 8. The van der Waals surface area contributed by atoms with Crippen molar-refractivity contribution >= 4 is 11.7 Å². The maximum atomic E-state index is 14.8. The molecule has 1 aromatic heterocycles. The summed E-state index contributed by atoms with van der Waals surface area (Å²) in [6.07, 6.45) is 7.40. The molecule has 10 heteroatoms.